The topological polar surface area (TPSA) is 74.8 Å². The molecule has 30 heavy (non-hydrogen) atoms. The molecular formula is C24H27N3O2S. The Labute approximate surface area is 180 Å². The smallest absolute Gasteiger partial charge is 0.268 e. The van der Waals surface area contributed by atoms with Crippen LogP contribution in [-0.2, 0) is 12.8 Å². The minimum atomic E-state index is -0.151. The number of H-pyrrole nitrogens is 1. The standard InChI is InChI=1S/C24H27N3O2S/c1-14-21-18(11-24(3,4)12-20(21)28)27-22(14)23(29)25-10-9-16-5-7-17(8-6-16)19-13-30-15(2)26-19/h5-8,13,27H,9-12H2,1-4H3,(H,25,29). The Morgan fingerprint density at radius 2 is 1.93 bits per heavy atom. The van der Waals surface area contributed by atoms with Gasteiger partial charge >= 0.3 is 0 Å². The Balaban J connectivity index is 1.38. The molecule has 156 valence electrons. The van der Waals surface area contributed by atoms with E-state index in [0.717, 1.165) is 45.9 Å². The first-order chi connectivity index (χ1) is 14.2. The second-order valence-corrected chi connectivity index (χ2v) is 9.94. The number of aryl methyl sites for hydroxylation is 1. The fourth-order valence-corrected chi connectivity index (χ4v) is 4.83. The van der Waals surface area contributed by atoms with Gasteiger partial charge in [-0.05, 0) is 43.2 Å². The highest BCUT2D eigenvalue weighted by Crippen LogP contribution is 2.36. The van der Waals surface area contributed by atoms with Gasteiger partial charge in [0.2, 0.25) is 0 Å². The van der Waals surface area contributed by atoms with Gasteiger partial charge in [-0.1, -0.05) is 38.1 Å². The van der Waals surface area contributed by atoms with Crippen molar-refractivity contribution in [2.75, 3.05) is 6.54 Å². The maximum absolute atomic E-state index is 12.7. The molecule has 0 saturated heterocycles. The molecule has 0 fully saturated rings. The van der Waals surface area contributed by atoms with Gasteiger partial charge in [-0.25, -0.2) is 4.98 Å². The first-order valence-corrected chi connectivity index (χ1v) is 11.2. The summed E-state index contributed by atoms with van der Waals surface area (Å²) >= 11 is 1.65. The molecule has 1 amide bonds. The molecule has 4 rings (SSSR count). The van der Waals surface area contributed by atoms with Crippen molar-refractivity contribution in [1.82, 2.24) is 15.3 Å². The molecule has 2 heterocycles. The monoisotopic (exact) mass is 421 g/mol. The number of carbonyl (C=O) groups is 2. The SMILES string of the molecule is Cc1nc(-c2ccc(CCNC(=O)c3[nH]c4c(c3C)C(=O)CC(C)(C)C4)cc2)cs1. The molecule has 0 spiro atoms. The molecule has 1 aliphatic carbocycles. The number of thiazole rings is 1. The van der Waals surface area contributed by atoms with Crippen LogP contribution in [0.4, 0.5) is 0 Å². The number of fused-ring (bicyclic) bond motifs is 1. The lowest BCUT2D eigenvalue weighted by atomic mass is 9.75. The van der Waals surface area contributed by atoms with Gasteiger partial charge in [0.25, 0.3) is 5.91 Å². The van der Waals surface area contributed by atoms with Crippen LogP contribution in [0.5, 0.6) is 0 Å². The van der Waals surface area contributed by atoms with Gasteiger partial charge in [0.1, 0.15) is 5.69 Å². The van der Waals surface area contributed by atoms with Crippen LogP contribution >= 0.6 is 11.3 Å². The molecule has 0 bridgehead atoms. The van der Waals surface area contributed by atoms with Crippen LogP contribution in [0.1, 0.15) is 62.9 Å². The number of benzene rings is 1. The molecule has 6 heteroatoms. The summed E-state index contributed by atoms with van der Waals surface area (Å²) in [5, 5.41) is 6.11. The number of carbonyl (C=O) groups excluding carboxylic acids is 2. The van der Waals surface area contributed by atoms with Crippen molar-refractivity contribution < 1.29 is 9.59 Å². The molecule has 0 saturated carbocycles. The Kier molecular flexibility index (Phi) is 5.36. The van der Waals surface area contributed by atoms with E-state index in [0.29, 0.717) is 24.2 Å². The third-order valence-electron chi connectivity index (χ3n) is 5.70. The van der Waals surface area contributed by atoms with Crippen LogP contribution in [-0.4, -0.2) is 28.2 Å². The van der Waals surface area contributed by atoms with E-state index in [1.807, 2.05) is 13.8 Å². The average molecular weight is 422 g/mol. The summed E-state index contributed by atoms with van der Waals surface area (Å²) < 4.78 is 0. The predicted octanol–water partition coefficient (Wildman–Crippen LogP) is 4.88. The minimum absolute atomic E-state index is 0.0709. The fraction of sp³-hybridized carbons (Fsp3) is 0.375. The van der Waals surface area contributed by atoms with E-state index in [1.54, 1.807) is 11.3 Å². The highest BCUT2D eigenvalue weighted by Gasteiger charge is 2.35. The summed E-state index contributed by atoms with van der Waals surface area (Å²) in [5.74, 6) is -0.0217. The van der Waals surface area contributed by atoms with Gasteiger partial charge < -0.3 is 10.3 Å². The summed E-state index contributed by atoms with van der Waals surface area (Å²) in [6.45, 7) is 8.58. The van der Waals surface area contributed by atoms with Crippen LogP contribution in [0.25, 0.3) is 11.3 Å². The molecule has 2 N–H and O–H groups in total. The molecule has 1 aromatic carbocycles. The first-order valence-electron chi connectivity index (χ1n) is 10.3. The van der Waals surface area contributed by atoms with Crippen molar-refractivity contribution in [2.45, 2.75) is 47.0 Å². The lowest BCUT2D eigenvalue weighted by Gasteiger charge is -2.28. The minimum Gasteiger partial charge on any atom is -0.354 e. The van der Waals surface area contributed by atoms with Gasteiger partial charge in [0.15, 0.2) is 5.78 Å². The second kappa shape index (κ2) is 7.84. The second-order valence-electron chi connectivity index (χ2n) is 8.87. The van der Waals surface area contributed by atoms with Crippen LogP contribution < -0.4 is 5.32 Å². The van der Waals surface area contributed by atoms with Crippen LogP contribution in [0, 0.1) is 19.3 Å². The number of rotatable bonds is 5. The Hall–Kier alpha value is -2.73. The number of nitrogens with zero attached hydrogens (tertiary/aromatic N) is 1. The number of aromatic amines is 1. The summed E-state index contributed by atoms with van der Waals surface area (Å²) in [4.78, 5) is 33.0. The Morgan fingerprint density at radius 1 is 1.20 bits per heavy atom. The normalized spacial score (nSPS) is 15.1. The average Bonchev–Trinajstić information content (AvgIpc) is 3.24. The molecule has 1 aliphatic rings. The quantitative estimate of drug-likeness (QED) is 0.616. The van der Waals surface area contributed by atoms with Crippen LogP contribution in [0.15, 0.2) is 29.6 Å². The number of ketones is 1. The molecule has 5 nitrogen and oxygen atoms in total. The van der Waals surface area contributed by atoms with Gasteiger partial charge in [0.05, 0.1) is 10.7 Å². The highest BCUT2D eigenvalue weighted by molar-refractivity contribution is 7.09. The van der Waals surface area contributed by atoms with Gasteiger partial charge in [-0.3, -0.25) is 9.59 Å². The number of hydrogen-bond donors (Lipinski definition) is 2. The Morgan fingerprint density at radius 3 is 2.60 bits per heavy atom. The molecular weight excluding hydrogens is 394 g/mol. The zero-order valence-corrected chi connectivity index (χ0v) is 18.7. The molecule has 2 aromatic heterocycles. The van der Waals surface area contributed by atoms with E-state index in [-0.39, 0.29) is 17.1 Å². The summed E-state index contributed by atoms with van der Waals surface area (Å²) in [7, 11) is 0. The summed E-state index contributed by atoms with van der Waals surface area (Å²) in [6.07, 6.45) is 2.05. The highest BCUT2D eigenvalue weighted by atomic mass is 32.1. The van der Waals surface area contributed by atoms with Crippen molar-refractivity contribution in [3.05, 3.63) is 62.7 Å². The summed E-state index contributed by atoms with van der Waals surface area (Å²) in [5.41, 5.74) is 6.09. The van der Waals surface area contributed by atoms with Gasteiger partial charge in [-0.2, -0.15) is 0 Å². The predicted molar refractivity (Wildman–Crippen MR) is 120 cm³/mol. The zero-order valence-electron chi connectivity index (χ0n) is 17.9. The molecule has 0 aliphatic heterocycles. The molecule has 0 unspecified atom stereocenters. The number of nitrogens with one attached hydrogen (secondary N) is 2. The fourth-order valence-electron chi connectivity index (χ4n) is 4.21. The van der Waals surface area contributed by atoms with Gasteiger partial charge in [0, 0.05) is 35.2 Å². The van der Waals surface area contributed by atoms with Crippen molar-refractivity contribution in [2.24, 2.45) is 5.41 Å². The number of Topliss-reactive ketones (excluding diaryl/α,β-unsaturated/α-hetero) is 1. The largest absolute Gasteiger partial charge is 0.354 e. The van der Waals surface area contributed by atoms with E-state index in [4.69, 9.17) is 0 Å². The lowest BCUT2D eigenvalue weighted by Crippen LogP contribution is -2.26. The van der Waals surface area contributed by atoms with Crippen molar-refractivity contribution in [3.8, 4) is 11.3 Å². The lowest BCUT2D eigenvalue weighted by molar-refractivity contribution is 0.0909. The number of amides is 1. The van der Waals surface area contributed by atoms with Crippen molar-refractivity contribution in [3.63, 3.8) is 0 Å². The number of hydrogen-bond acceptors (Lipinski definition) is 4. The maximum atomic E-state index is 12.7. The van der Waals surface area contributed by atoms with Crippen molar-refractivity contribution in [1.29, 1.82) is 0 Å². The number of aromatic nitrogens is 2. The van der Waals surface area contributed by atoms with E-state index in [2.05, 4.69) is 58.8 Å². The van der Waals surface area contributed by atoms with E-state index in [1.165, 1.54) is 0 Å². The van der Waals surface area contributed by atoms with E-state index < -0.39 is 0 Å². The Bertz CT molecular complexity index is 1110. The van der Waals surface area contributed by atoms with E-state index >= 15 is 0 Å². The molecule has 0 atom stereocenters. The third-order valence-corrected chi connectivity index (χ3v) is 6.47. The van der Waals surface area contributed by atoms with Gasteiger partial charge in [-0.15, -0.1) is 11.3 Å². The first kappa shape index (κ1) is 20.5. The molecule has 0 radical (unpaired) electrons. The van der Waals surface area contributed by atoms with Crippen LogP contribution in [0.3, 0.4) is 0 Å². The van der Waals surface area contributed by atoms with Crippen LogP contribution in [0.2, 0.25) is 0 Å². The summed E-state index contributed by atoms with van der Waals surface area (Å²) in [6, 6.07) is 8.30. The zero-order chi connectivity index (χ0) is 21.5. The molecule has 3 aromatic rings. The van der Waals surface area contributed by atoms with E-state index in [9.17, 15) is 9.59 Å². The van der Waals surface area contributed by atoms with Crippen molar-refractivity contribution >= 4 is 23.0 Å². The maximum Gasteiger partial charge on any atom is 0.268 e. The third kappa shape index (κ3) is 4.10.